The average Bonchev–Trinajstić information content (AvgIpc) is 2.37. The van der Waals surface area contributed by atoms with Crippen LogP contribution in [0, 0.1) is 0 Å². The molecule has 0 saturated heterocycles. The lowest BCUT2D eigenvalue weighted by atomic mass is 10.2. The fourth-order valence-electron chi connectivity index (χ4n) is 1.66. The van der Waals surface area contributed by atoms with Gasteiger partial charge in [-0.25, -0.2) is 4.98 Å². The van der Waals surface area contributed by atoms with Crippen LogP contribution in [0.2, 0.25) is 5.02 Å². The maximum absolute atomic E-state index is 11.4. The summed E-state index contributed by atoms with van der Waals surface area (Å²) in [7, 11) is 0. The summed E-state index contributed by atoms with van der Waals surface area (Å²) < 4.78 is 0. The van der Waals surface area contributed by atoms with Crippen LogP contribution in [0.1, 0.15) is 12.5 Å². The van der Waals surface area contributed by atoms with Gasteiger partial charge in [0, 0.05) is 22.5 Å². The molecule has 2 aromatic rings. The van der Waals surface area contributed by atoms with Crippen molar-refractivity contribution in [3.05, 3.63) is 45.2 Å². The average molecular weight is 311 g/mol. The summed E-state index contributed by atoms with van der Waals surface area (Å²) in [5.41, 5.74) is 6.29. The minimum atomic E-state index is -0.268. The van der Waals surface area contributed by atoms with Crippen LogP contribution in [-0.2, 0) is 6.54 Å². The number of aromatic nitrogens is 2. The molecule has 0 amide bonds. The first-order chi connectivity index (χ1) is 9.60. The molecule has 0 bridgehead atoms. The van der Waals surface area contributed by atoms with Gasteiger partial charge in [-0.15, -0.1) is 0 Å². The van der Waals surface area contributed by atoms with E-state index in [1.54, 1.807) is 0 Å². The van der Waals surface area contributed by atoms with Gasteiger partial charge in [-0.1, -0.05) is 36.4 Å². The van der Waals surface area contributed by atoms with Crippen molar-refractivity contribution in [2.24, 2.45) is 0 Å². The highest BCUT2D eigenvalue weighted by Gasteiger charge is 2.10. The molecule has 0 unspecified atom stereocenters. The number of anilines is 1. The zero-order valence-corrected chi connectivity index (χ0v) is 12.5. The molecular weight excluding hydrogens is 296 g/mol. The van der Waals surface area contributed by atoms with Crippen molar-refractivity contribution in [3.8, 4) is 0 Å². The minimum Gasteiger partial charge on any atom is -0.383 e. The van der Waals surface area contributed by atoms with E-state index < -0.39 is 0 Å². The smallest absolute Gasteiger partial charge is 0.253 e. The van der Waals surface area contributed by atoms with Crippen molar-refractivity contribution in [1.29, 1.82) is 0 Å². The number of rotatable bonds is 5. The van der Waals surface area contributed by atoms with Crippen molar-refractivity contribution < 1.29 is 0 Å². The summed E-state index contributed by atoms with van der Waals surface area (Å²) in [6.45, 7) is 3.54. The first-order valence-corrected chi connectivity index (χ1v) is 7.32. The van der Waals surface area contributed by atoms with Crippen LogP contribution in [0.25, 0.3) is 0 Å². The van der Waals surface area contributed by atoms with Crippen LogP contribution in [0.3, 0.4) is 0 Å². The second kappa shape index (κ2) is 6.78. The minimum absolute atomic E-state index is 0.200. The lowest BCUT2D eigenvalue weighted by Crippen LogP contribution is -2.13. The highest BCUT2D eigenvalue weighted by molar-refractivity contribution is 7.99. The van der Waals surface area contributed by atoms with Gasteiger partial charge in [0.15, 0.2) is 5.16 Å². The Morgan fingerprint density at radius 2 is 2.30 bits per heavy atom. The monoisotopic (exact) mass is 310 g/mol. The van der Waals surface area contributed by atoms with E-state index in [1.807, 2.05) is 25.1 Å². The number of aromatic amines is 1. The lowest BCUT2D eigenvalue weighted by molar-refractivity contribution is 0.718. The summed E-state index contributed by atoms with van der Waals surface area (Å²) >= 11 is 7.56. The van der Waals surface area contributed by atoms with E-state index in [9.17, 15) is 4.79 Å². The molecule has 0 saturated carbocycles. The summed E-state index contributed by atoms with van der Waals surface area (Å²) in [4.78, 5) is 19.1. The fraction of sp³-hybridized carbons (Fsp3) is 0.231. The van der Waals surface area contributed by atoms with Gasteiger partial charge < -0.3 is 16.0 Å². The zero-order valence-electron chi connectivity index (χ0n) is 10.9. The molecule has 5 nitrogen and oxygen atoms in total. The number of hydrogen-bond acceptors (Lipinski definition) is 5. The van der Waals surface area contributed by atoms with Gasteiger partial charge in [-0.3, -0.25) is 4.79 Å². The number of nitrogen functional groups attached to an aromatic ring is 1. The number of nitrogens with zero attached hydrogens (tertiary/aromatic N) is 1. The van der Waals surface area contributed by atoms with E-state index in [1.165, 1.54) is 17.8 Å². The normalized spacial score (nSPS) is 10.7. The number of halogens is 1. The molecule has 106 valence electrons. The van der Waals surface area contributed by atoms with E-state index in [-0.39, 0.29) is 11.4 Å². The quantitative estimate of drug-likeness (QED) is 0.738. The van der Waals surface area contributed by atoms with Gasteiger partial charge >= 0.3 is 0 Å². The third kappa shape index (κ3) is 3.75. The molecule has 0 atom stereocenters. The van der Waals surface area contributed by atoms with Crippen LogP contribution in [0.15, 0.2) is 39.1 Å². The molecular formula is C13H15ClN4OS. The van der Waals surface area contributed by atoms with Crippen LogP contribution < -0.4 is 16.6 Å². The first-order valence-electron chi connectivity index (χ1n) is 6.13. The Morgan fingerprint density at radius 1 is 1.50 bits per heavy atom. The van der Waals surface area contributed by atoms with Gasteiger partial charge in [0.2, 0.25) is 0 Å². The van der Waals surface area contributed by atoms with Gasteiger partial charge in [-0.05, 0) is 24.2 Å². The van der Waals surface area contributed by atoms with E-state index in [2.05, 4.69) is 15.3 Å². The van der Waals surface area contributed by atoms with Crippen LogP contribution in [0.4, 0.5) is 5.82 Å². The Morgan fingerprint density at radius 3 is 3.00 bits per heavy atom. The molecule has 0 aliphatic heterocycles. The molecule has 0 spiro atoms. The topological polar surface area (TPSA) is 83.8 Å². The van der Waals surface area contributed by atoms with Gasteiger partial charge in [0.1, 0.15) is 5.82 Å². The number of nitrogens with one attached hydrogen (secondary N) is 2. The maximum atomic E-state index is 11.4. The van der Waals surface area contributed by atoms with Crippen molar-refractivity contribution >= 4 is 29.2 Å². The SMILES string of the molecule is CCNCc1c(Cl)cccc1Sc1nc(N)cc(=O)[nH]1. The summed E-state index contributed by atoms with van der Waals surface area (Å²) in [6.07, 6.45) is 0. The number of H-pyrrole nitrogens is 1. The highest BCUT2D eigenvalue weighted by atomic mass is 35.5. The Kier molecular flexibility index (Phi) is 5.05. The van der Waals surface area contributed by atoms with E-state index >= 15 is 0 Å². The molecule has 4 N–H and O–H groups in total. The molecule has 0 radical (unpaired) electrons. The molecule has 1 aromatic heterocycles. The Bertz CT molecular complexity index is 659. The number of nitrogens with two attached hydrogens (primary N) is 1. The molecule has 0 aliphatic rings. The molecule has 7 heteroatoms. The molecule has 1 aromatic carbocycles. The van der Waals surface area contributed by atoms with E-state index in [0.29, 0.717) is 16.7 Å². The highest BCUT2D eigenvalue weighted by Crippen LogP contribution is 2.31. The summed E-state index contributed by atoms with van der Waals surface area (Å²) in [6, 6.07) is 6.90. The Balaban J connectivity index is 2.32. The second-order valence-corrected chi connectivity index (χ2v) is 5.51. The van der Waals surface area contributed by atoms with Crippen LogP contribution in [0.5, 0.6) is 0 Å². The maximum Gasteiger partial charge on any atom is 0.253 e. The van der Waals surface area contributed by atoms with Crippen molar-refractivity contribution in [1.82, 2.24) is 15.3 Å². The predicted octanol–water partition coefficient (Wildman–Crippen LogP) is 2.27. The van der Waals surface area contributed by atoms with Gasteiger partial charge in [-0.2, -0.15) is 0 Å². The molecule has 0 fully saturated rings. The van der Waals surface area contributed by atoms with Crippen LogP contribution in [-0.4, -0.2) is 16.5 Å². The largest absolute Gasteiger partial charge is 0.383 e. The number of hydrogen-bond donors (Lipinski definition) is 3. The Hall–Kier alpha value is -1.50. The van der Waals surface area contributed by atoms with E-state index in [4.69, 9.17) is 17.3 Å². The van der Waals surface area contributed by atoms with Gasteiger partial charge in [0.05, 0.1) is 0 Å². The first kappa shape index (κ1) is 14.9. The molecule has 0 aliphatic carbocycles. The molecule has 2 rings (SSSR count). The third-order valence-corrected chi connectivity index (χ3v) is 3.92. The third-order valence-electron chi connectivity index (χ3n) is 2.57. The second-order valence-electron chi connectivity index (χ2n) is 4.07. The lowest BCUT2D eigenvalue weighted by Gasteiger charge is -2.11. The predicted molar refractivity (Wildman–Crippen MR) is 82.2 cm³/mol. The zero-order chi connectivity index (χ0) is 14.5. The van der Waals surface area contributed by atoms with Gasteiger partial charge in [0.25, 0.3) is 5.56 Å². The summed E-state index contributed by atoms with van der Waals surface area (Å²) in [5, 5.41) is 4.38. The van der Waals surface area contributed by atoms with Crippen molar-refractivity contribution in [2.45, 2.75) is 23.5 Å². The Labute approximate surface area is 126 Å². The van der Waals surface area contributed by atoms with Crippen molar-refractivity contribution in [2.75, 3.05) is 12.3 Å². The standard InChI is InChI=1S/C13H15ClN4OS/c1-2-16-7-8-9(14)4-3-5-10(8)20-13-17-11(15)6-12(19)18-13/h3-6,16H,2,7H2,1H3,(H3,15,17,18,19). The fourth-order valence-corrected chi connectivity index (χ4v) is 2.92. The molecule has 1 heterocycles. The number of benzene rings is 1. The van der Waals surface area contributed by atoms with E-state index in [0.717, 1.165) is 17.0 Å². The summed E-state index contributed by atoms with van der Waals surface area (Å²) in [5.74, 6) is 0.200. The molecule has 20 heavy (non-hydrogen) atoms. The van der Waals surface area contributed by atoms with Crippen LogP contribution >= 0.6 is 23.4 Å². The van der Waals surface area contributed by atoms with Crippen molar-refractivity contribution in [3.63, 3.8) is 0 Å².